The molecule has 2 aromatic heterocycles. The molecule has 8 heteroatoms. The van der Waals surface area contributed by atoms with Gasteiger partial charge >= 0.3 is 0 Å². The van der Waals surface area contributed by atoms with Crippen LogP contribution in [0.3, 0.4) is 0 Å². The summed E-state index contributed by atoms with van der Waals surface area (Å²) in [6, 6.07) is 0. The van der Waals surface area contributed by atoms with Gasteiger partial charge in [-0.25, -0.2) is 4.98 Å². The molecule has 0 fully saturated rings. The molecule has 0 radical (unpaired) electrons. The fourth-order valence-corrected chi connectivity index (χ4v) is 3.42. The summed E-state index contributed by atoms with van der Waals surface area (Å²) in [5, 5.41) is 7.49. The number of fused-ring (bicyclic) bond motifs is 1. The number of aryl methyl sites for hydroxylation is 1. The molecule has 0 aliphatic carbocycles. The van der Waals surface area contributed by atoms with Crippen LogP contribution in [0, 0.1) is 0 Å². The van der Waals surface area contributed by atoms with E-state index >= 15 is 0 Å². The van der Waals surface area contributed by atoms with Crippen molar-refractivity contribution in [3.05, 3.63) is 28.8 Å². The van der Waals surface area contributed by atoms with Crippen LogP contribution >= 0.6 is 0 Å². The fraction of sp³-hybridized carbons (Fsp3) is 0.588. The van der Waals surface area contributed by atoms with Crippen molar-refractivity contribution in [2.75, 3.05) is 19.0 Å². The van der Waals surface area contributed by atoms with Gasteiger partial charge in [0.05, 0.1) is 36.3 Å². The molecule has 8 nitrogen and oxygen atoms in total. The van der Waals surface area contributed by atoms with Crippen LogP contribution in [0.1, 0.15) is 47.4 Å². The lowest BCUT2D eigenvalue weighted by Gasteiger charge is -2.24. The standard InChI is InChI=1S/C17H26N6O2/c1-10-7-13-14(11(2)25-10)20-23(6)15(13)16(24)18-8-12-9-19-17(21(3)4)22(12)5/h9-11H,7-8H2,1-6H3,(H,18,24)/t10-,11+/m1/s1. The summed E-state index contributed by atoms with van der Waals surface area (Å²) in [6.07, 6.45) is 2.48. The molecule has 0 aromatic carbocycles. The number of ether oxygens (including phenoxy) is 1. The third-order valence-electron chi connectivity index (χ3n) is 4.59. The summed E-state index contributed by atoms with van der Waals surface area (Å²) in [7, 11) is 7.63. The lowest BCUT2D eigenvalue weighted by molar-refractivity contribution is -0.00710. The monoisotopic (exact) mass is 346 g/mol. The van der Waals surface area contributed by atoms with Crippen molar-refractivity contribution in [3.8, 4) is 0 Å². The molecule has 1 aliphatic rings. The van der Waals surface area contributed by atoms with Crippen molar-refractivity contribution >= 4 is 11.9 Å². The Morgan fingerprint density at radius 3 is 2.76 bits per heavy atom. The van der Waals surface area contributed by atoms with Gasteiger partial charge in [-0.15, -0.1) is 0 Å². The molecule has 0 spiro atoms. The largest absolute Gasteiger partial charge is 0.369 e. The number of nitrogens with one attached hydrogen (secondary N) is 1. The van der Waals surface area contributed by atoms with Crippen LogP contribution in [-0.4, -0.2) is 45.4 Å². The van der Waals surface area contributed by atoms with Crippen molar-refractivity contribution in [2.45, 2.75) is 39.0 Å². The molecule has 0 unspecified atom stereocenters. The first-order valence-corrected chi connectivity index (χ1v) is 8.47. The van der Waals surface area contributed by atoms with E-state index < -0.39 is 0 Å². The molecule has 0 bridgehead atoms. The Morgan fingerprint density at radius 1 is 1.40 bits per heavy atom. The first kappa shape index (κ1) is 17.5. The zero-order valence-electron chi connectivity index (χ0n) is 15.7. The van der Waals surface area contributed by atoms with Crippen LogP contribution in [0.25, 0.3) is 0 Å². The van der Waals surface area contributed by atoms with Crippen LogP contribution in [0.5, 0.6) is 0 Å². The number of aromatic nitrogens is 4. The summed E-state index contributed by atoms with van der Waals surface area (Å²) >= 11 is 0. The number of rotatable bonds is 4. The Balaban J connectivity index is 1.79. The Morgan fingerprint density at radius 2 is 2.12 bits per heavy atom. The van der Waals surface area contributed by atoms with Crippen molar-refractivity contribution < 1.29 is 9.53 Å². The number of hydrogen-bond donors (Lipinski definition) is 1. The molecule has 1 aliphatic heterocycles. The Bertz CT molecular complexity index is 791. The maximum absolute atomic E-state index is 12.8. The highest BCUT2D eigenvalue weighted by molar-refractivity contribution is 5.94. The Kier molecular flexibility index (Phi) is 4.55. The number of amides is 1. The second-order valence-electron chi connectivity index (χ2n) is 6.81. The van der Waals surface area contributed by atoms with Gasteiger partial charge in [-0.1, -0.05) is 0 Å². The SMILES string of the molecule is C[C@@H]1Cc2c(nn(C)c2C(=O)NCc2cnc(N(C)C)n2C)[C@H](C)O1. The van der Waals surface area contributed by atoms with Gasteiger partial charge in [0.1, 0.15) is 5.69 Å². The van der Waals surface area contributed by atoms with E-state index in [9.17, 15) is 4.79 Å². The summed E-state index contributed by atoms with van der Waals surface area (Å²) in [5.41, 5.74) is 3.41. The minimum Gasteiger partial charge on any atom is -0.369 e. The highest BCUT2D eigenvalue weighted by atomic mass is 16.5. The van der Waals surface area contributed by atoms with Gasteiger partial charge in [0.15, 0.2) is 0 Å². The quantitative estimate of drug-likeness (QED) is 0.899. The molecule has 2 aromatic rings. The average molecular weight is 346 g/mol. The summed E-state index contributed by atoms with van der Waals surface area (Å²) in [5.74, 6) is 0.729. The van der Waals surface area contributed by atoms with E-state index in [-0.39, 0.29) is 18.1 Å². The smallest absolute Gasteiger partial charge is 0.270 e. The topological polar surface area (TPSA) is 77.2 Å². The fourth-order valence-electron chi connectivity index (χ4n) is 3.42. The lowest BCUT2D eigenvalue weighted by Crippen LogP contribution is -2.29. The van der Waals surface area contributed by atoms with Crippen LogP contribution in [0.4, 0.5) is 5.95 Å². The van der Waals surface area contributed by atoms with Crippen molar-refractivity contribution in [2.24, 2.45) is 14.1 Å². The molecule has 136 valence electrons. The zero-order valence-corrected chi connectivity index (χ0v) is 15.7. The highest BCUT2D eigenvalue weighted by Crippen LogP contribution is 2.31. The van der Waals surface area contributed by atoms with Gasteiger partial charge in [-0.05, 0) is 13.8 Å². The second kappa shape index (κ2) is 6.51. The summed E-state index contributed by atoms with van der Waals surface area (Å²) in [6.45, 7) is 4.41. The van der Waals surface area contributed by atoms with Crippen LogP contribution in [-0.2, 0) is 31.8 Å². The number of imidazole rings is 1. The second-order valence-corrected chi connectivity index (χ2v) is 6.81. The number of anilines is 1. The molecule has 1 amide bonds. The number of carbonyl (C=O) groups excluding carboxylic acids is 1. The number of carbonyl (C=O) groups is 1. The van der Waals surface area contributed by atoms with E-state index in [1.807, 2.05) is 44.5 Å². The minimum absolute atomic E-state index is 0.0815. The lowest BCUT2D eigenvalue weighted by atomic mass is 9.99. The van der Waals surface area contributed by atoms with Gasteiger partial charge in [0.25, 0.3) is 5.91 Å². The van der Waals surface area contributed by atoms with E-state index in [2.05, 4.69) is 15.4 Å². The molecule has 3 rings (SSSR count). The van der Waals surface area contributed by atoms with Crippen molar-refractivity contribution in [1.29, 1.82) is 0 Å². The molecule has 2 atom stereocenters. The first-order chi connectivity index (χ1) is 11.8. The molecular weight excluding hydrogens is 320 g/mol. The molecule has 3 heterocycles. The molecule has 1 N–H and O–H groups in total. The van der Waals surface area contributed by atoms with E-state index in [1.165, 1.54) is 0 Å². The highest BCUT2D eigenvalue weighted by Gasteiger charge is 2.31. The van der Waals surface area contributed by atoms with Crippen LogP contribution < -0.4 is 10.2 Å². The molecule has 0 saturated carbocycles. The van der Waals surface area contributed by atoms with Crippen LogP contribution in [0.2, 0.25) is 0 Å². The Hall–Kier alpha value is -2.35. The number of hydrogen-bond acceptors (Lipinski definition) is 5. The summed E-state index contributed by atoms with van der Waals surface area (Å²) < 4.78 is 9.44. The van der Waals surface area contributed by atoms with E-state index in [4.69, 9.17) is 4.74 Å². The van der Waals surface area contributed by atoms with E-state index in [0.29, 0.717) is 18.7 Å². The van der Waals surface area contributed by atoms with E-state index in [1.54, 1.807) is 17.9 Å². The van der Waals surface area contributed by atoms with Gasteiger partial charge in [0.2, 0.25) is 5.95 Å². The van der Waals surface area contributed by atoms with Gasteiger partial charge in [-0.2, -0.15) is 5.10 Å². The minimum atomic E-state index is -0.120. The average Bonchev–Trinajstić information content (AvgIpc) is 3.05. The third-order valence-corrected chi connectivity index (χ3v) is 4.59. The third kappa shape index (κ3) is 3.13. The zero-order chi connectivity index (χ0) is 18.3. The van der Waals surface area contributed by atoms with Crippen molar-refractivity contribution in [1.82, 2.24) is 24.6 Å². The predicted molar refractivity (Wildman–Crippen MR) is 94.6 cm³/mol. The van der Waals surface area contributed by atoms with E-state index in [0.717, 1.165) is 22.9 Å². The summed E-state index contributed by atoms with van der Waals surface area (Å²) in [4.78, 5) is 19.1. The van der Waals surface area contributed by atoms with Crippen LogP contribution in [0.15, 0.2) is 6.20 Å². The maximum Gasteiger partial charge on any atom is 0.270 e. The maximum atomic E-state index is 12.8. The molecular formula is C17H26N6O2. The molecule has 0 saturated heterocycles. The normalized spacial score (nSPS) is 19.6. The van der Waals surface area contributed by atoms with Gasteiger partial charge in [-0.3, -0.25) is 9.48 Å². The van der Waals surface area contributed by atoms with Gasteiger partial charge < -0.3 is 19.5 Å². The van der Waals surface area contributed by atoms with Crippen molar-refractivity contribution in [3.63, 3.8) is 0 Å². The Labute approximate surface area is 147 Å². The predicted octanol–water partition coefficient (Wildman–Crippen LogP) is 1.17. The first-order valence-electron chi connectivity index (χ1n) is 8.47. The molecule has 25 heavy (non-hydrogen) atoms. The number of nitrogens with zero attached hydrogens (tertiary/aromatic N) is 5. The van der Waals surface area contributed by atoms with Gasteiger partial charge in [0, 0.05) is 40.2 Å².